The number of ether oxygens (including phenoxy) is 1. The van der Waals surface area contributed by atoms with Crippen LogP contribution in [0.2, 0.25) is 0 Å². The summed E-state index contributed by atoms with van der Waals surface area (Å²) in [4.78, 5) is 19.3. The molecule has 10 nitrogen and oxygen atoms in total. The number of anilines is 3. The van der Waals surface area contributed by atoms with Gasteiger partial charge in [-0.1, -0.05) is 0 Å². The molecule has 2 aliphatic rings. The second-order valence-electron chi connectivity index (χ2n) is 6.19. The van der Waals surface area contributed by atoms with Crippen LogP contribution in [0.1, 0.15) is 5.56 Å². The zero-order chi connectivity index (χ0) is 18.3. The van der Waals surface area contributed by atoms with Crippen molar-refractivity contribution in [2.45, 2.75) is 6.42 Å². The first-order valence-electron chi connectivity index (χ1n) is 8.23. The maximum absolute atomic E-state index is 12.2. The molecule has 146 valence electrons. The van der Waals surface area contributed by atoms with Gasteiger partial charge in [0.25, 0.3) is 0 Å². The third kappa shape index (κ3) is 3.75. The third-order valence-electron chi connectivity index (χ3n) is 4.41. The van der Waals surface area contributed by atoms with E-state index in [1.165, 1.54) is 10.6 Å². The van der Waals surface area contributed by atoms with E-state index >= 15 is 0 Å². The van der Waals surface area contributed by atoms with Gasteiger partial charge in [0.05, 0.1) is 25.2 Å². The topological polar surface area (TPSA) is 127 Å². The number of rotatable bonds is 3. The number of aromatic nitrogens is 4. The highest BCUT2D eigenvalue weighted by Crippen LogP contribution is 2.36. The Hall–Kier alpha value is -2.24. The molecule has 0 aliphatic carbocycles. The molecule has 2 aromatic rings. The van der Waals surface area contributed by atoms with Crippen LogP contribution in [0.15, 0.2) is 12.4 Å². The zero-order valence-corrected chi connectivity index (χ0v) is 16.3. The van der Waals surface area contributed by atoms with E-state index in [4.69, 9.17) is 15.5 Å². The summed E-state index contributed by atoms with van der Waals surface area (Å²) >= 11 is 0. The first-order valence-corrected chi connectivity index (χ1v) is 10.1. The van der Waals surface area contributed by atoms with Gasteiger partial charge in [-0.3, -0.25) is 4.31 Å². The number of sulfonamides is 1. The molecule has 1 saturated heterocycles. The number of nitrogen functional groups attached to an aromatic ring is 1. The molecule has 0 bridgehead atoms. The Bertz CT molecular complexity index is 933. The molecule has 2 aromatic heterocycles. The molecule has 0 amide bonds. The highest BCUT2D eigenvalue weighted by atomic mass is 35.5. The quantitative estimate of drug-likeness (QED) is 0.744. The van der Waals surface area contributed by atoms with Gasteiger partial charge in [-0.25, -0.2) is 23.4 Å². The maximum Gasteiger partial charge on any atom is 0.233 e. The monoisotopic (exact) mass is 413 g/mol. The van der Waals surface area contributed by atoms with Crippen molar-refractivity contribution in [1.82, 2.24) is 19.9 Å². The Morgan fingerprint density at radius 2 is 1.78 bits per heavy atom. The number of nitrogens with zero attached hydrogens (tertiary/aromatic N) is 6. The predicted molar refractivity (Wildman–Crippen MR) is 104 cm³/mol. The molecule has 1 fully saturated rings. The standard InChI is InChI=1S/C15H19N7O3S.ClH/c1-26(23,24)22-3-2-11-12(10-8-17-14(16)18-9-10)19-15(20-13(11)22)21-4-6-25-7-5-21;/h8-9H,2-7H2,1H3,(H2,16,17,18);1H. The van der Waals surface area contributed by atoms with Crippen LogP contribution in [0.4, 0.5) is 17.7 Å². The summed E-state index contributed by atoms with van der Waals surface area (Å²) < 4.78 is 31.0. The number of fused-ring (bicyclic) bond motifs is 1. The fourth-order valence-corrected chi connectivity index (χ4v) is 4.03. The van der Waals surface area contributed by atoms with E-state index < -0.39 is 10.0 Å². The molecular weight excluding hydrogens is 394 g/mol. The van der Waals surface area contributed by atoms with Gasteiger partial charge in [0.1, 0.15) is 0 Å². The number of morpholine rings is 1. The van der Waals surface area contributed by atoms with Crippen LogP contribution in [0.3, 0.4) is 0 Å². The Labute approximate surface area is 163 Å². The van der Waals surface area contributed by atoms with E-state index in [0.717, 1.165) is 5.56 Å². The lowest BCUT2D eigenvalue weighted by Gasteiger charge is -2.28. The molecule has 27 heavy (non-hydrogen) atoms. The number of hydrogen-bond acceptors (Lipinski definition) is 9. The van der Waals surface area contributed by atoms with Crippen LogP contribution in [-0.2, 0) is 21.2 Å². The van der Waals surface area contributed by atoms with Crippen molar-refractivity contribution in [3.8, 4) is 11.3 Å². The second kappa shape index (κ2) is 7.41. The summed E-state index contributed by atoms with van der Waals surface area (Å²) in [5, 5.41) is 0. The van der Waals surface area contributed by atoms with E-state index in [1.54, 1.807) is 12.4 Å². The van der Waals surface area contributed by atoms with Crippen molar-refractivity contribution in [1.29, 1.82) is 0 Å². The molecule has 0 aromatic carbocycles. The van der Waals surface area contributed by atoms with E-state index in [9.17, 15) is 8.42 Å². The Morgan fingerprint density at radius 1 is 1.11 bits per heavy atom. The minimum atomic E-state index is -3.42. The van der Waals surface area contributed by atoms with Gasteiger partial charge in [0.15, 0.2) is 5.82 Å². The van der Waals surface area contributed by atoms with E-state index in [1.807, 2.05) is 4.90 Å². The van der Waals surface area contributed by atoms with Gasteiger partial charge in [-0.2, -0.15) is 4.98 Å². The van der Waals surface area contributed by atoms with Crippen LogP contribution >= 0.6 is 12.4 Å². The summed E-state index contributed by atoms with van der Waals surface area (Å²) in [5.74, 6) is 1.08. The average molecular weight is 414 g/mol. The van der Waals surface area contributed by atoms with Crippen LogP contribution < -0.4 is 14.9 Å². The van der Waals surface area contributed by atoms with Crippen LogP contribution in [-0.4, -0.2) is 67.5 Å². The number of halogens is 1. The lowest BCUT2D eigenvalue weighted by atomic mass is 10.1. The predicted octanol–water partition coefficient (Wildman–Crippen LogP) is 0.0963. The Kier molecular flexibility index (Phi) is 5.36. The van der Waals surface area contributed by atoms with Gasteiger partial charge in [0, 0.05) is 43.2 Å². The minimum absolute atomic E-state index is 0. The third-order valence-corrected chi connectivity index (χ3v) is 5.57. The maximum atomic E-state index is 12.2. The van der Waals surface area contributed by atoms with Crippen LogP contribution in [0.5, 0.6) is 0 Å². The van der Waals surface area contributed by atoms with E-state index in [0.29, 0.717) is 62.3 Å². The highest BCUT2D eigenvalue weighted by molar-refractivity contribution is 7.92. The molecule has 2 N–H and O–H groups in total. The smallest absolute Gasteiger partial charge is 0.233 e. The van der Waals surface area contributed by atoms with Gasteiger partial charge >= 0.3 is 0 Å². The highest BCUT2D eigenvalue weighted by Gasteiger charge is 2.32. The van der Waals surface area contributed by atoms with Gasteiger partial charge in [-0.05, 0) is 6.42 Å². The molecule has 0 spiro atoms. The molecule has 0 atom stereocenters. The zero-order valence-electron chi connectivity index (χ0n) is 14.7. The second-order valence-corrected chi connectivity index (χ2v) is 8.10. The van der Waals surface area contributed by atoms with Crippen LogP contribution in [0, 0.1) is 0 Å². The summed E-state index contributed by atoms with van der Waals surface area (Å²) in [6.45, 7) is 2.80. The van der Waals surface area contributed by atoms with Crippen molar-refractivity contribution in [2.75, 3.05) is 54.0 Å². The fraction of sp³-hybridized carbons (Fsp3) is 0.467. The van der Waals surface area contributed by atoms with Crippen molar-refractivity contribution in [3.05, 3.63) is 18.0 Å². The fourth-order valence-electron chi connectivity index (χ4n) is 3.14. The van der Waals surface area contributed by atoms with E-state index in [-0.39, 0.29) is 18.4 Å². The molecule has 0 unspecified atom stereocenters. The van der Waals surface area contributed by atoms with Crippen molar-refractivity contribution >= 4 is 40.1 Å². The summed E-state index contributed by atoms with van der Waals surface area (Å²) in [6.07, 6.45) is 4.91. The Balaban J connectivity index is 0.00000210. The Morgan fingerprint density at radius 3 is 2.41 bits per heavy atom. The lowest BCUT2D eigenvalue weighted by Crippen LogP contribution is -2.38. The number of hydrogen-bond donors (Lipinski definition) is 1. The first-order chi connectivity index (χ1) is 12.4. The molecule has 2 aliphatic heterocycles. The average Bonchev–Trinajstić information content (AvgIpc) is 3.07. The molecule has 0 radical (unpaired) electrons. The van der Waals surface area contributed by atoms with Crippen molar-refractivity contribution in [3.63, 3.8) is 0 Å². The first kappa shape index (κ1) is 19.5. The summed E-state index contributed by atoms with van der Waals surface area (Å²) in [7, 11) is -3.42. The minimum Gasteiger partial charge on any atom is -0.378 e. The number of nitrogens with two attached hydrogens (primary N) is 1. The molecule has 12 heteroatoms. The summed E-state index contributed by atoms with van der Waals surface area (Å²) in [5.41, 5.74) is 7.68. The van der Waals surface area contributed by atoms with Gasteiger partial charge in [0.2, 0.25) is 21.9 Å². The SMILES string of the molecule is CS(=O)(=O)N1CCc2c(-c3cnc(N)nc3)nc(N3CCOCC3)nc21.Cl. The molecular formula is C15H20ClN7O3S. The van der Waals surface area contributed by atoms with E-state index in [2.05, 4.69) is 15.0 Å². The molecule has 4 rings (SSSR count). The normalized spacial score (nSPS) is 16.8. The largest absolute Gasteiger partial charge is 0.378 e. The molecule has 0 saturated carbocycles. The van der Waals surface area contributed by atoms with Crippen LogP contribution in [0.25, 0.3) is 11.3 Å². The van der Waals surface area contributed by atoms with Gasteiger partial charge < -0.3 is 15.4 Å². The van der Waals surface area contributed by atoms with Crippen molar-refractivity contribution in [2.24, 2.45) is 0 Å². The van der Waals surface area contributed by atoms with Crippen molar-refractivity contribution < 1.29 is 13.2 Å². The summed E-state index contributed by atoms with van der Waals surface area (Å²) in [6, 6.07) is 0. The van der Waals surface area contributed by atoms with Gasteiger partial charge in [-0.15, -0.1) is 12.4 Å². The lowest BCUT2D eigenvalue weighted by molar-refractivity contribution is 0.122. The molecule has 4 heterocycles.